The zero-order chi connectivity index (χ0) is 12.1. The van der Waals surface area contributed by atoms with Crippen molar-refractivity contribution in [3.8, 4) is 5.75 Å². The maximum Gasteiger partial charge on any atom is 0.120 e. The summed E-state index contributed by atoms with van der Waals surface area (Å²) in [7, 11) is 0. The van der Waals surface area contributed by atoms with Gasteiger partial charge >= 0.3 is 0 Å². The fourth-order valence-electron chi connectivity index (χ4n) is 1.91. The molecule has 2 rings (SSSR count). The molecule has 0 amide bonds. The number of ether oxygens (including phenoxy) is 1. The number of benzene rings is 1. The van der Waals surface area contributed by atoms with E-state index in [0.29, 0.717) is 0 Å². The molecule has 0 N–H and O–H groups in total. The van der Waals surface area contributed by atoms with Crippen LogP contribution in [0.4, 0.5) is 0 Å². The summed E-state index contributed by atoms with van der Waals surface area (Å²) in [4.78, 5) is 0. The lowest BCUT2D eigenvalue weighted by Crippen LogP contribution is -1.96. The first-order valence-corrected chi connectivity index (χ1v) is 6.17. The minimum Gasteiger partial charge on any atom is -0.494 e. The van der Waals surface area contributed by atoms with Crippen LogP contribution in [0.1, 0.15) is 19.8 Å². The molecule has 2 aromatic rings. The molecule has 90 valence electrons. The van der Waals surface area contributed by atoms with Gasteiger partial charge in [-0.2, -0.15) is 0 Å². The number of nitrogens with zero attached hydrogens (tertiary/aromatic N) is 1. The van der Waals surface area contributed by atoms with Crippen molar-refractivity contribution in [3.63, 3.8) is 0 Å². The van der Waals surface area contributed by atoms with E-state index in [-0.39, 0.29) is 0 Å². The molecule has 0 saturated heterocycles. The summed E-state index contributed by atoms with van der Waals surface area (Å²) in [6.07, 6.45) is 6.11. The predicted molar refractivity (Wildman–Crippen MR) is 72.5 cm³/mol. The Balaban J connectivity index is 2.21. The van der Waals surface area contributed by atoms with Gasteiger partial charge in [0.25, 0.3) is 0 Å². The number of hydrogen-bond donors (Lipinski definition) is 0. The molecule has 2 heteroatoms. The Morgan fingerprint density at radius 3 is 3.00 bits per heavy atom. The van der Waals surface area contributed by atoms with Gasteiger partial charge in [-0.1, -0.05) is 13.0 Å². The fraction of sp³-hybridized carbons (Fsp3) is 0.333. The molecule has 1 aromatic heterocycles. The maximum absolute atomic E-state index is 5.63. The van der Waals surface area contributed by atoms with Gasteiger partial charge in [-0.15, -0.1) is 6.58 Å². The Kier molecular flexibility index (Phi) is 3.86. The van der Waals surface area contributed by atoms with Crippen LogP contribution >= 0.6 is 0 Å². The number of aryl methyl sites for hydroxylation is 1. The predicted octanol–water partition coefficient (Wildman–Crippen LogP) is 4.01. The maximum atomic E-state index is 5.63. The summed E-state index contributed by atoms with van der Waals surface area (Å²) >= 11 is 0. The summed E-state index contributed by atoms with van der Waals surface area (Å²) < 4.78 is 7.88. The Morgan fingerprint density at radius 2 is 2.24 bits per heavy atom. The van der Waals surface area contributed by atoms with Crippen molar-refractivity contribution in [2.45, 2.75) is 26.3 Å². The zero-order valence-electron chi connectivity index (χ0n) is 10.4. The lowest BCUT2D eigenvalue weighted by Gasteiger charge is -2.06. The molecule has 0 radical (unpaired) electrons. The minimum atomic E-state index is 0.780. The first-order chi connectivity index (χ1) is 8.35. The molecular formula is C15H19NO. The van der Waals surface area contributed by atoms with Crippen molar-refractivity contribution in [2.75, 3.05) is 6.61 Å². The van der Waals surface area contributed by atoms with E-state index in [4.69, 9.17) is 4.74 Å². The lowest BCUT2D eigenvalue weighted by molar-refractivity contribution is 0.318. The van der Waals surface area contributed by atoms with Crippen LogP contribution in [0.3, 0.4) is 0 Å². The first-order valence-electron chi connectivity index (χ1n) is 6.17. The highest BCUT2D eigenvalue weighted by atomic mass is 16.5. The fourth-order valence-corrected chi connectivity index (χ4v) is 1.91. The van der Waals surface area contributed by atoms with Crippen molar-refractivity contribution >= 4 is 10.9 Å². The highest BCUT2D eigenvalue weighted by Gasteiger charge is 2.02. The molecule has 17 heavy (non-hydrogen) atoms. The Hall–Kier alpha value is -1.70. The van der Waals surface area contributed by atoms with Gasteiger partial charge in [-0.05, 0) is 37.1 Å². The molecule has 0 spiro atoms. The first kappa shape index (κ1) is 11.8. The minimum absolute atomic E-state index is 0.780. The summed E-state index contributed by atoms with van der Waals surface area (Å²) in [5.74, 6) is 0.959. The average Bonchev–Trinajstić information content (AvgIpc) is 2.76. The summed E-state index contributed by atoms with van der Waals surface area (Å²) in [5.41, 5.74) is 1.26. The molecule has 1 aromatic carbocycles. The molecule has 0 aliphatic carbocycles. The summed E-state index contributed by atoms with van der Waals surface area (Å²) in [6, 6.07) is 8.42. The number of rotatable bonds is 6. The molecule has 0 fully saturated rings. The van der Waals surface area contributed by atoms with Crippen LogP contribution in [-0.2, 0) is 6.54 Å². The van der Waals surface area contributed by atoms with E-state index in [9.17, 15) is 0 Å². The van der Waals surface area contributed by atoms with Gasteiger partial charge in [0.2, 0.25) is 0 Å². The smallest absolute Gasteiger partial charge is 0.120 e. The largest absolute Gasteiger partial charge is 0.494 e. The molecule has 0 aliphatic heterocycles. The molecule has 0 unspecified atom stereocenters. The van der Waals surface area contributed by atoms with Gasteiger partial charge in [0.05, 0.1) is 6.61 Å². The Labute approximate surface area is 103 Å². The van der Waals surface area contributed by atoms with E-state index in [2.05, 4.69) is 42.5 Å². The molecule has 2 nitrogen and oxygen atoms in total. The van der Waals surface area contributed by atoms with E-state index in [1.165, 1.54) is 10.9 Å². The normalized spacial score (nSPS) is 10.6. The number of allylic oxidation sites excluding steroid dienone is 1. The van der Waals surface area contributed by atoms with Crippen molar-refractivity contribution in [1.29, 1.82) is 0 Å². The third-order valence-electron chi connectivity index (χ3n) is 2.79. The van der Waals surface area contributed by atoms with Crippen LogP contribution in [0.25, 0.3) is 10.9 Å². The number of fused-ring (bicyclic) bond motifs is 1. The van der Waals surface area contributed by atoms with Gasteiger partial charge < -0.3 is 9.30 Å². The van der Waals surface area contributed by atoms with Gasteiger partial charge in [0, 0.05) is 23.6 Å². The quantitative estimate of drug-likeness (QED) is 0.683. The Morgan fingerprint density at radius 1 is 1.35 bits per heavy atom. The molecule has 0 bridgehead atoms. The van der Waals surface area contributed by atoms with Crippen LogP contribution in [0.15, 0.2) is 43.1 Å². The molecule has 1 heterocycles. The van der Waals surface area contributed by atoms with Crippen LogP contribution in [0, 0.1) is 0 Å². The molecule has 0 aliphatic rings. The van der Waals surface area contributed by atoms with E-state index < -0.39 is 0 Å². The van der Waals surface area contributed by atoms with E-state index in [1.807, 2.05) is 12.1 Å². The second-order valence-electron chi connectivity index (χ2n) is 4.16. The van der Waals surface area contributed by atoms with E-state index >= 15 is 0 Å². The standard InChI is InChI=1S/C15H19NO/c1-3-5-9-16-10-8-13-12-14(17-11-4-2)6-7-15(13)16/h3,6-8,10,12H,1,4-5,9,11H2,2H3. The number of hydrogen-bond acceptors (Lipinski definition) is 1. The summed E-state index contributed by atoms with van der Waals surface area (Å²) in [5, 5.41) is 1.24. The second kappa shape index (κ2) is 5.58. The van der Waals surface area contributed by atoms with Crippen LogP contribution < -0.4 is 4.74 Å². The van der Waals surface area contributed by atoms with Gasteiger partial charge in [0.1, 0.15) is 5.75 Å². The highest BCUT2D eigenvalue weighted by molar-refractivity contribution is 5.81. The average molecular weight is 229 g/mol. The zero-order valence-corrected chi connectivity index (χ0v) is 10.4. The van der Waals surface area contributed by atoms with Crippen molar-refractivity contribution in [2.24, 2.45) is 0 Å². The van der Waals surface area contributed by atoms with Crippen LogP contribution in [0.5, 0.6) is 5.75 Å². The number of aromatic nitrogens is 1. The molecule has 0 atom stereocenters. The van der Waals surface area contributed by atoms with Crippen molar-refractivity contribution in [1.82, 2.24) is 4.57 Å². The highest BCUT2D eigenvalue weighted by Crippen LogP contribution is 2.22. The monoisotopic (exact) mass is 229 g/mol. The van der Waals surface area contributed by atoms with E-state index in [0.717, 1.165) is 31.7 Å². The Bertz CT molecular complexity index is 499. The SMILES string of the molecule is C=CCCn1ccc2cc(OCCC)ccc21. The lowest BCUT2D eigenvalue weighted by atomic mass is 10.2. The van der Waals surface area contributed by atoms with Crippen molar-refractivity contribution in [3.05, 3.63) is 43.1 Å². The summed E-state index contributed by atoms with van der Waals surface area (Å²) in [6.45, 7) is 7.64. The van der Waals surface area contributed by atoms with Gasteiger partial charge in [0.15, 0.2) is 0 Å². The van der Waals surface area contributed by atoms with Crippen molar-refractivity contribution < 1.29 is 4.74 Å². The van der Waals surface area contributed by atoms with Gasteiger partial charge in [-0.25, -0.2) is 0 Å². The topological polar surface area (TPSA) is 14.2 Å². The van der Waals surface area contributed by atoms with Gasteiger partial charge in [-0.3, -0.25) is 0 Å². The molecule has 0 saturated carbocycles. The third-order valence-corrected chi connectivity index (χ3v) is 2.79. The second-order valence-corrected chi connectivity index (χ2v) is 4.16. The van der Waals surface area contributed by atoms with Crippen LogP contribution in [-0.4, -0.2) is 11.2 Å². The molecular weight excluding hydrogens is 210 g/mol. The third kappa shape index (κ3) is 2.70. The van der Waals surface area contributed by atoms with E-state index in [1.54, 1.807) is 0 Å². The van der Waals surface area contributed by atoms with Crippen LogP contribution in [0.2, 0.25) is 0 Å².